The molecule has 0 aliphatic carbocycles. The summed E-state index contributed by atoms with van der Waals surface area (Å²) in [5.41, 5.74) is 4.52. The molecule has 0 saturated carbocycles. The van der Waals surface area contributed by atoms with Gasteiger partial charge in [-0.05, 0) is 53.1 Å². The topological polar surface area (TPSA) is 68.2 Å². The Morgan fingerprint density at radius 2 is 1.71 bits per heavy atom. The molecular formula is C25H21FN4O. The van der Waals surface area contributed by atoms with Crippen molar-refractivity contribution in [1.82, 2.24) is 10.2 Å². The standard InChI is InChI=1S/C25H21FN4O/c26-20-8-10-21(11-9-20)29-25(31)30-22-14-28-15-23(30)24(22)18-6-4-17(5-7-18)19-3-1-2-16(12-19)13-27/h1-12,22-24,28H,14-15H2,(H,29,31)/t22-,23+,24?. The fourth-order valence-corrected chi connectivity index (χ4v) is 4.71. The second-order valence-electron chi connectivity index (χ2n) is 7.98. The fourth-order valence-electron chi connectivity index (χ4n) is 4.71. The Bertz CT molecular complexity index is 1140. The lowest BCUT2D eigenvalue weighted by Gasteiger charge is -2.59. The quantitative estimate of drug-likeness (QED) is 0.673. The van der Waals surface area contributed by atoms with Crippen molar-refractivity contribution in [3.63, 3.8) is 0 Å². The number of carbonyl (C=O) groups is 1. The van der Waals surface area contributed by atoms with Crippen LogP contribution in [-0.4, -0.2) is 36.1 Å². The van der Waals surface area contributed by atoms with Gasteiger partial charge in [-0.2, -0.15) is 5.26 Å². The van der Waals surface area contributed by atoms with Crippen molar-refractivity contribution >= 4 is 11.7 Å². The summed E-state index contributed by atoms with van der Waals surface area (Å²) in [5, 5.41) is 15.4. The van der Waals surface area contributed by atoms with Gasteiger partial charge < -0.3 is 15.5 Å². The normalized spacial score (nSPS) is 21.7. The van der Waals surface area contributed by atoms with Crippen LogP contribution in [0.5, 0.6) is 0 Å². The molecule has 3 atom stereocenters. The average Bonchev–Trinajstić information content (AvgIpc) is 2.81. The van der Waals surface area contributed by atoms with Crippen LogP contribution < -0.4 is 10.6 Å². The van der Waals surface area contributed by atoms with Crippen LogP contribution in [0.1, 0.15) is 17.0 Å². The highest BCUT2D eigenvalue weighted by molar-refractivity contribution is 5.91. The lowest BCUT2D eigenvalue weighted by Crippen LogP contribution is -2.74. The van der Waals surface area contributed by atoms with Gasteiger partial charge in [-0.15, -0.1) is 0 Å². The predicted octanol–water partition coefficient (Wildman–Crippen LogP) is 4.34. The third-order valence-electron chi connectivity index (χ3n) is 6.20. The summed E-state index contributed by atoms with van der Waals surface area (Å²) >= 11 is 0. The molecule has 2 aliphatic rings. The summed E-state index contributed by atoms with van der Waals surface area (Å²) in [4.78, 5) is 14.7. The molecule has 0 aromatic heterocycles. The highest BCUT2D eigenvalue weighted by Crippen LogP contribution is 2.43. The summed E-state index contributed by atoms with van der Waals surface area (Å²) in [6.45, 7) is 1.48. The van der Waals surface area contributed by atoms with E-state index < -0.39 is 0 Å². The van der Waals surface area contributed by atoms with Crippen LogP contribution in [0.2, 0.25) is 0 Å². The smallest absolute Gasteiger partial charge is 0.315 e. The minimum Gasteiger partial charge on any atom is -0.315 e. The maximum Gasteiger partial charge on any atom is 0.322 e. The number of urea groups is 1. The minimum atomic E-state index is -0.328. The number of nitrogens with zero attached hydrogens (tertiary/aromatic N) is 2. The first-order valence-corrected chi connectivity index (χ1v) is 10.3. The van der Waals surface area contributed by atoms with Gasteiger partial charge in [-0.1, -0.05) is 36.4 Å². The third kappa shape index (κ3) is 3.54. The van der Waals surface area contributed by atoms with Gasteiger partial charge in [-0.3, -0.25) is 0 Å². The van der Waals surface area contributed by atoms with Crippen molar-refractivity contribution in [1.29, 1.82) is 5.26 Å². The van der Waals surface area contributed by atoms with Crippen LogP contribution in [0.3, 0.4) is 0 Å². The maximum atomic E-state index is 13.1. The first kappa shape index (κ1) is 19.3. The Labute approximate surface area is 180 Å². The van der Waals surface area contributed by atoms with E-state index in [0.717, 1.165) is 24.2 Å². The van der Waals surface area contributed by atoms with Crippen molar-refractivity contribution in [3.05, 3.63) is 89.7 Å². The van der Waals surface area contributed by atoms with Gasteiger partial charge in [0.15, 0.2) is 0 Å². The van der Waals surface area contributed by atoms with Crippen LogP contribution in [-0.2, 0) is 0 Å². The Balaban J connectivity index is 1.32. The molecule has 2 fully saturated rings. The summed E-state index contributed by atoms with van der Waals surface area (Å²) in [6.07, 6.45) is 0. The second-order valence-corrected chi connectivity index (χ2v) is 7.98. The zero-order chi connectivity index (χ0) is 21.4. The monoisotopic (exact) mass is 412 g/mol. The summed E-state index contributed by atoms with van der Waals surface area (Å²) in [5.74, 6) is -0.0504. The Morgan fingerprint density at radius 3 is 2.39 bits per heavy atom. The van der Waals surface area contributed by atoms with E-state index in [4.69, 9.17) is 5.26 Å². The Hall–Kier alpha value is -3.69. The molecule has 5 nitrogen and oxygen atoms in total. The van der Waals surface area contributed by atoms with Crippen molar-refractivity contribution in [3.8, 4) is 17.2 Å². The number of amides is 2. The third-order valence-corrected chi connectivity index (χ3v) is 6.20. The van der Waals surface area contributed by atoms with Gasteiger partial charge in [-0.25, -0.2) is 9.18 Å². The van der Waals surface area contributed by atoms with Crippen LogP contribution >= 0.6 is 0 Å². The molecule has 2 heterocycles. The molecule has 1 unspecified atom stereocenters. The van der Waals surface area contributed by atoms with Crippen molar-refractivity contribution in [2.24, 2.45) is 0 Å². The molecule has 154 valence electrons. The average molecular weight is 412 g/mol. The molecule has 2 aliphatic heterocycles. The van der Waals surface area contributed by atoms with Crippen LogP contribution in [0.25, 0.3) is 11.1 Å². The van der Waals surface area contributed by atoms with Gasteiger partial charge in [0.1, 0.15) is 5.82 Å². The number of rotatable bonds is 3. The lowest BCUT2D eigenvalue weighted by molar-refractivity contribution is 0.00202. The van der Waals surface area contributed by atoms with Crippen molar-refractivity contribution in [2.45, 2.75) is 18.0 Å². The molecule has 2 bridgehead atoms. The molecule has 0 radical (unpaired) electrons. The number of piperazine rings is 1. The lowest BCUT2D eigenvalue weighted by atomic mass is 9.72. The molecule has 3 aromatic carbocycles. The first-order chi connectivity index (χ1) is 15.1. The number of likely N-dealkylation sites (tertiary alicyclic amines) is 1. The number of halogens is 1. The van der Waals surface area contributed by atoms with Gasteiger partial charge in [0.25, 0.3) is 0 Å². The number of fused-ring (bicyclic) bond motifs is 2. The number of piperidine rings is 1. The van der Waals surface area contributed by atoms with Gasteiger partial charge in [0, 0.05) is 24.7 Å². The Kier molecular flexibility index (Phi) is 4.89. The maximum absolute atomic E-state index is 13.1. The van der Waals surface area contributed by atoms with Crippen molar-refractivity contribution in [2.75, 3.05) is 18.4 Å². The summed E-state index contributed by atoms with van der Waals surface area (Å²) < 4.78 is 13.1. The molecule has 2 N–H and O–H groups in total. The molecule has 3 aromatic rings. The summed E-state index contributed by atoms with van der Waals surface area (Å²) in [7, 11) is 0. The van der Waals surface area contributed by atoms with Gasteiger partial charge in [0.2, 0.25) is 0 Å². The molecule has 0 spiro atoms. The summed E-state index contributed by atoms with van der Waals surface area (Å²) in [6, 6.07) is 24.0. The first-order valence-electron chi connectivity index (χ1n) is 10.3. The Morgan fingerprint density at radius 1 is 1.00 bits per heavy atom. The van der Waals surface area contributed by atoms with E-state index >= 15 is 0 Å². The zero-order valence-corrected chi connectivity index (χ0v) is 16.8. The van der Waals surface area contributed by atoms with Crippen LogP contribution in [0.15, 0.2) is 72.8 Å². The number of nitriles is 1. The SMILES string of the molecule is N#Cc1cccc(-c2ccc(C3[C@H]4CNC[C@@H]3N4C(=O)Nc3ccc(F)cc3)cc2)c1. The largest absolute Gasteiger partial charge is 0.322 e. The number of hydrogen-bond acceptors (Lipinski definition) is 3. The highest BCUT2D eigenvalue weighted by Gasteiger charge is 2.53. The van der Waals surface area contributed by atoms with Crippen LogP contribution in [0, 0.1) is 17.1 Å². The number of hydrogen-bond donors (Lipinski definition) is 2. The number of anilines is 1. The van der Waals surface area contributed by atoms with E-state index in [2.05, 4.69) is 41.0 Å². The van der Waals surface area contributed by atoms with E-state index in [1.54, 1.807) is 18.2 Å². The van der Waals surface area contributed by atoms with Gasteiger partial charge in [0.05, 0.1) is 23.7 Å². The highest BCUT2D eigenvalue weighted by atomic mass is 19.1. The van der Waals surface area contributed by atoms with E-state index in [0.29, 0.717) is 11.3 Å². The van der Waals surface area contributed by atoms with E-state index in [9.17, 15) is 9.18 Å². The van der Waals surface area contributed by atoms with Crippen LogP contribution in [0.4, 0.5) is 14.9 Å². The minimum absolute atomic E-state index is 0.0759. The van der Waals surface area contributed by atoms with E-state index in [1.165, 1.54) is 17.7 Å². The van der Waals surface area contributed by atoms with Crippen molar-refractivity contribution < 1.29 is 9.18 Å². The number of benzene rings is 3. The van der Waals surface area contributed by atoms with Gasteiger partial charge >= 0.3 is 6.03 Å². The molecular weight excluding hydrogens is 391 g/mol. The molecule has 6 heteroatoms. The van der Waals surface area contributed by atoms with E-state index in [-0.39, 0.29) is 29.8 Å². The number of nitrogens with one attached hydrogen (secondary N) is 2. The predicted molar refractivity (Wildman–Crippen MR) is 117 cm³/mol. The molecule has 2 amide bonds. The molecule has 2 saturated heterocycles. The van der Waals surface area contributed by atoms with E-state index in [1.807, 2.05) is 23.1 Å². The zero-order valence-electron chi connectivity index (χ0n) is 16.8. The second kappa shape index (κ2) is 7.86. The molecule has 5 rings (SSSR count). The number of carbonyl (C=O) groups excluding carboxylic acids is 1. The fraction of sp³-hybridized carbons (Fsp3) is 0.200. The molecule has 31 heavy (non-hydrogen) atoms.